The Hall–Kier alpha value is -0.610. The molecule has 1 atom stereocenters. The predicted octanol–water partition coefficient (Wildman–Crippen LogP) is 0.329. The average Bonchev–Trinajstić information content (AvgIpc) is 2.62. The third-order valence-corrected chi connectivity index (χ3v) is 3.40. The lowest BCUT2D eigenvalue weighted by molar-refractivity contribution is -0.128. The van der Waals surface area contributed by atoms with Crippen LogP contribution in [0.5, 0.6) is 0 Å². The van der Waals surface area contributed by atoms with Crippen LogP contribution in [0.4, 0.5) is 0 Å². The Balaban J connectivity index is 1.86. The number of hydrogen-bond donors (Lipinski definition) is 0. The Morgan fingerprint density at radius 2 is 2.13 bits per heavy atom. The van der Waals surface area contributed by atoms with Gasteiger partial charge in [0.1, 0.15) is 0 Å². The van der Waals surface area contributed by atoms with Gasteiger partial charge in [0.2, 0.25) is 5.91 Å². The van der Waals surface area contributed by atoms with Crippen molar-refractivity contribution in [3.05, 3.63) is 0 Å². The third kappa shape index (κ3) is 2.69. The number of hydrogen-bond acceptors (Lipinski definition) is 3. The molecule has 0 bridgehead atoms. The molecule has 2 aliphatic heterocycles. The van der Waals surface area contributed by atoms with Crippen molar-refractivity contribution >= 4 is 5.91 Å². The maximum Gasteiger partial charge on any atom is 0.219 e. The van der Waals surface area contributed by atoms with Crippen molar-refractivity contribution in [3.8, 4) is 0 Å². The summed E-state index contributed by atoms with van der Waals surface area (Å²) in [5.41, 5.74) is 0. The molecule has 2 heterocycles. The second-order valence-corrected chi connectivity index (χ2v) is 4.41. The Morgan fingerprint density at radius 3 is 2.80 bits per heavy atom. The quantitative estimate of drug-likeness (QED) is 0.628. The van der Waals surface area contributed by atoms with Crippen molar-refractivity contribution < 1.29 is 9.53 Å². The second-order valence-electron chi connectivity index (χ2n) is 4.41. The molecule has 0 aliphatic carbocycles. The molecule has 2 fully saturated rings. The standard InChI is InChI=1S/C11H20N2O2/c1-10(14)12-4-2-5-13(7-6-12)11-3-8-15-9-11/h11H,2-9H2,1H3. The molecule has 0 saturated carbocycles. The van der Waals surface area contributed by atoms with E-state index in [9.17, 15) is 4.79 Å². The van der Waals surface area contributed by atoms with Crippen LogP contribution in [0.1, 0.15) is 19.8 Å². The molecule has 1 amide bonds. The summed E-state index contributed by atoms with van der Waals surface area (Å²) in [5.74, 6) is 0.208. The van der Waals surface area contributed by atoms with Gasteiger partial charge in [-0.15, -0.1) is 0 Å². The van der Waals surface area contributed by atoms with Gasteiger partial charge in [-0.3, -0.25) is 9.69 Å². The van der Waals surface area contributed by atoms with Crippen molar-refractivity contribution in [2.45, 2.75) is 25.8 Å². The Morgan fingerprint density at radius 1 is 1.27 bits per heavy atom. The maximum absolute atomic E-state index is 11.3. The van der Waals surface area contributed by atoms with E-state index in [0.717, 1.165) is 52.2 Å². The Labute approximate surface area is 91.2 Å². The van der Waals surface area contributed by atoms with E-state index in [4.69, 9.17) is 4.74 Å². The summed E-state index contributed by atoms with van der Waals surface area (Å²) in [6.45, 7) is 7.35. The van der Waals surface area contributed by atoms with Gasteiger partial charge < -0.3 is 9.64 Å². The van der Waals surface area contributed by atoms with Crippen LogP contribution in [0, 0.1) is 0 Å². The lowest BCUT2D eigenvalue weighted by Crippen LogP contribution is -2.39. The van der Waals surface area contributed by atoms with Crippen molar-refractivity contribution in [1.82, 2.24) is 9.80 Å². The van der Waals surface area contributed by atoms with Crippen LogP contribution in [0.25, 0.3) is 0 Å². The topological polar surface area (TPSA) is 32.8 Å². The molecule has 4 heteroatoms. The fourth-order valence-corrected chi connectivity index (χ4v) is 2.43. The van der Waals surface area contributed by atoms with Gasteiger partial charge in [-0.1, -0.05) is 0 Å². The van der Waals surface area contributed by atoms with Gasteiger partial charge in [-0.05, 0) is 12.8 Å². The average molecular weight is 212 g/mol. The largest absolute Gasteiger partial charge is 0.380 e. The third-order valence-electron chi connectivity index (χ3n) is 3.40. The fraction of sp³-hybridized carbons (Fsp3) is 0.909. The fourth-order valence-electron chi connectivity index (χ4n) is 2.43. The van der Waals surface area contributed by atoms with Gasteiger partial charge in [0.15, 0.2) is 0 Å². The smallest absolute Gasteiger partial charge is 0.219 e. The van der Waals surface area contributed by atoms with Gasteiger partial charge in [-0.25, -0.2) is 0 Å². The summed E-state index contributed by atoms with van der Waals surface area (Å²) in [6, 6.07) is 0.594. The summed E-state index contributed by atoms with van der Waals surface area (Å²) in [7, 11) is 0. The highest BCUT2D eigenvalue weighted by Crippen LogP contribution is 2.14. The number of ether oxygens (including phenoxy) is 1. The minimum absolute atomic E-state index is 0.208. The van der Waals surface area contributed by atoms with Gasteiger partial charge in [-0.2, -0.15) is 0 Å². The van der Waals surface area contributed by atoms with E-state index >= 15 is 0 Å². The first-order valence-corrected chi connectivity index (χ1v) is 5.84. The maximum atomic E-state index is 11.3. The van der Waals surface area contributed by atoms with E-state index in [1.165, 1.54) is 0 Å². The van der Waals surface area contributed by atoms with Crippen LogP contribution in [-0.4, -0.2) is 61.1 Å². The SMILES string of the molecule is CC(=O)N1CCCN(C2CCOC2)CC1. The van der Waals surface area contributed by atoms with E-state index in [1.807, 2.05) is 4.90 Å². The van der Waals surface area contributed by atoms with E-state index in [-0.39, 0.29) is 5.91 Å². The molecule has 86 valence electrons. The highest BCUT2D eigenvalue weighted by atomic mass is 16.5. The van der Waals surface area contributed by atoms with Crippen molar-refractivity contribution in [2.75, 3.05) is 39.4 Å². The number of carbonyl (C=O) groups excluding carboxylic acids is 1. The van der Waals surface area contributed by atoms with Crippen LogP contribution < -0.4 is 0 Å². The zero-order chi connectivity index (χ0) is 10.7. The molecule has 1 unspecified atom stereocenters. The van der Waals surface area contributed by atoms with E-state index in [2.05, 4.69) is 4.90 Å². The van der Waals surface area contributed by atoms with Crippen molar-refractivity contribution in [3.63, 3.8) is 0 Å². The van der Waals surface area contributed by atoms with E-state index in [0.29, 0.717) is 6.04 Å². The van der Waals surface area contributed by atoms with Gasteiger partial charge >= 0.3 is 0 Å². The Kier molecular flexibility index (Phi) is 3.59. The minimum atomic E-state index is 0.208. The first-order chi connectivity index (χ1) is 7.27. The molecule has 0 N–H and O–H groups in total. The van der Waals surface area contributed by atoms with Crippen LogP contribution in [0.3, 0.4) is 0 Å². The van der Waals surface area contributed by atoms with Crippen LogP contribution >= 0.6 is 0 Å². The van der Waals surface area contributed by atoms with Gasteiger partial charge in [0.05, 0.1) is 6.61 Å². The van der Waals surface area contributed by atoms with Crippen molar-refractivity contribution in [2.24, 2.45) is 0 Å². The van der Waals surface area contributed by atoms with Crippen LogP contribution in [0.15, 0.2) is 0 Å². The summed E-state index contributed by atoms with van der Waals surface area (Å²) >= 11 is 0. The molecule has 0 aromatic carbocycles. The van der Waals surface area contributed by atoms with E-state index < -0.39 is 0 Å². The summed E-state index contributed by atoms with van der Waals surface area (Å²) < 4.78 is 5.40. The number of amides is 1. The number of nitrogens with zero attached hydrogens (tertiary/aromatic N) is 2. The number of carbonyl (C=O) groups is 1. The van der Waals surface area contributed by atoms with Crippen LogP contribution in [0.2, 0.25) is 0 Å². The van der Waals surface area contributed by atoms with Crippen molar-refractivity contribution in [1.29, 1.82) is 0 Å². The predicted molar refractivity (Wildman–Crippen MR) is 57.7 cm³/mol. The summed E-state index contributed by atoms with van der Waals surface area (Å²) in [5, 5.41) is 0. The molecule has 0 spiro atoms. The molecular weight excluding hydrogens is 192 g/mol. The molecule has 2 rings (SSSR count). The second kappa shape index (κ2) is 4.94. The molecule has 4 nitrogen and oxygen atoms in total. The molecule has 0 radical (unpaired) electrons. The lowest BCUT2D eigenvalue weighted by Gasteiger charge is -2.26. The summed E-state index contributed by atoms with van der Waals surface area (Å²) in [4.78, 5) is 15.7. The summed E-state index contributed by atoms with van der Waals surface area (Å²) in [6.07, 6.45) is 2.25. The zero-order valence-corrected chi connectivity index (χ0v) is 9.45. The highest BCUT2D eigenvalue weighted by Gasteiger charge is 2.25. The molecule has 0 aromatic rings. The molecule has 15 heavy (non-hydrogen) atoms. The minimum Gasteiger partial charge on any atom is -0.380 e. The van der Waals surface area contributed by atoms with Crippen LogP contribution in [-0.2, 0) is 9.53 Å². The molecular formula is C11H20N2O2. The first-order valence-electron chi connectivity index (χ1n) is 5.84. The Bertz CT molecular complexity index is 227. The normalized spacial score (nSPS) is 29.1. The van der Waals surface area contributed by atoms with Gasteiger partial charge in [0.25, 0.3) is 0 Å². The molecule has 2 saturated heterocycles. The lowest BCUT2D eigenvalue weighted by atomic mass is 10.2. The monoisotopic (exact) mass is 212 g/mol. The first kappa shape index (κ1) is 10.9. The van der Waals surface area contributed by atoms with E-state index in [1.54, 1.807) is 6.92 Å². The highest BCUT2D eigenvalue weighted by molar-refractivity contribution is 5.73. The molecule has 0 aromatic heterocycles. The van der Waals surface area contributed by atoms with Gasteiger partial charge in [0, 0.05) is 45.8 Å². The number of rotatable bonds is 1. The zero-order valence-electron chi connectivity index (χ0n) is 9.45. The molecule has 2 aliphatic rings.